The first-order valence-electron chi connectivity index (χ1n) is 23.8. The predicted octanol–water partition coefficient (Wildman–Crippen LogP) is 19.6. The van der Waals surface area contributed by atoms with Gasteiger partial charge in [-0.25, -0.2) is 0 Å². The molecule has 3 nitrogen and oxygen atoms in total. The molecule has 4 heteroatoms. The smallest absolute Gasteiger partial charge is 0.0488 e. The van der Waals surface area contributed by atoms with E-state index in [2.05, 4.69) is 288 Å². The molecule has 0 aliphatic heterocycles. The minimum Gasteiger partial charge on any atom is -0.310 e. The van der Waals surface area contributed by atoms with E-state index < -0.39 is 0 Å². The first kappa shape index (κ1) is 41.2. The zero-order chi connectivity index (χ0) is 46.4. The lowest BCUT2D eigenvalue weighted by Gasteiger charge is -2.30. The summed E-state index contributed by atoms with van der Waals surface area (Å²) in [5.41, 5.74) is 12.1. The lowest BCUT2D eigenvalue weighted by molar-refractivity contribution is 1.25. The molecule has 0 saturated heterocycles. The van der Waals surface area contributed by atoms with Gasteiger partial charge in [0, 0.05) is 71.4 Å². The molecule has 0 fully saturated rings. The number of hydrogen-bond acceptors (Lipinski definition) is 4. The highest BCUT2D eigenvalue weighted by Crippen LogP contribution is 2.46. The minimum atomic E-state index is 1.06. The second kappa shape index (κ2) is 17.6. The molecule has 0 saturated carbocycles. The fourth-order valence-electron chi connectivity index (χ4n) is 10.1. The molecule has 0 bridgehead atoms. The highest BCUT2D eigenvalue weighted by Gasteiger charge is 2.21. The summed E-state index contributed by atoms with van der Waals surface area (Å²) in [6.45, 7) is 0. The van der Waals surface area contributed by atoms with Crippen LogP contribution in [0.2, 0.25) is 0 Å². The summed E-state index contributed by atoms with van der Waals surface area (Å²) in [6.07, 6.45) is 0. The van der Waals surface area contributed by atoms with Crippen LogP contribution in [-0.4, -0.2) is 0 Å². The minimum absolute atomic E-state index is 1.06. The Balaban J connectivity index is 0.981. The summed E-state index contributed by atoms with van der Waals surface area (Å²) in [6, 6.07) is 99.4. The Kier molecular flexibility index (Phi) is 10.4. The average molecular weight is 912 g/mol. The van der Waals surface area contributed by atoms with Crippen molar-refractivity contribution < 1.29 is 0 Å². The third-order valence-corrected chi connectivity index (χ3v) is 14.6. The lowest BCUT2D eigenvalue weighted by Crippen LogP contribution is -2.13. The van der Waals surface area contributed by atoms with Gasteiger partial charge in [0.1, 0.15) is 0 Å². The van der Waals surface area contributed by atoms with Gasteiger partial charge in [-0.2, -0.15) is 0 Å². The number of rotatable bonds is 10. The molecule has 13 aromatic rings. The Morgan fingerprint density at radius 1 is 0.200 bits per heavy atom. The predicted molar refractivity (Wildman–Crippen MR) is 301 cm³/mol. The van der Waals surface area contributed by atoms with Crippen LogP contribution in [0.4, 0.5) is 51.2 Å². The van der Waals surface area contributed by atoms with E-state index in [0.29, 0.717) is 0 Å². The van der Waals surface area contributed by atoms with E-state index in [1.165, 1.54) is 52.5 Å². The van der Waals surface area contributed by atoms with Crippen LogP contribution in [0.1, 0.15) is 0 Å². The van der Waals surface area contributed by atoms with Crippen molar-refractivity contribution in [2.75, 3.05) is 14.7 Å². The first-order valence-corrected chi connectivity index (χ1v) is 24.6. The molecule has 1 aromatic heterocycles. The summed E-state index contributed by atoms with van der Waals surface area (Å²) >= 11 is 1.85. The SMILES string of the molecule is c1ccc(N(c2cc(-c3ccc4cc(N(c5ccccc5)c5ccc6sc7ccccc7c6c5)ccc4c3)cc(N(c3ccccc3)c3ccc4ccccc4c3)c2)c2ccc3ccccc3c2)cc1. The molecule has 12 aromatic carbocycles. The Labute approximate surface area is 411 Å². The highest BCUT2D eigenvalue weighted by molar-refractivity contribution is 7.25. The van der Waals surface area contributed by atoms with Gasteiger partial charge in [-0.05, 0) is 165 Å². The largest absolute Gasteiger partial charge is 0.310 e. The van der Waals surface area contributed by atoms with Crippen molar-refractivity contribution in [2.24, 2.45) is 0 Å². The van der Waals surface area contributed by atoms with E-state index >= 15 is 0 Å². The van der Waals surface area contributed by atoms with Crippen LogP contribution in [0.3, 0.4) is 0 Å². The standard InChI is InChI=1S/C66H45N3S/c1-4-20-54(21-5-1)67(60-36-37-66-64(45-60)63-26-14-15-27-65(63)70-66)57-35-32-50-38-51(28-29-52(50)41-57)53-42-61(68(55-22-6-2-7-23-55)58-33-30-46-16-10-12-18-48(46)39-58)44-62(43-53)69(56-24-8-3-9-25-56)59-34-31-47-17-11-13-19-49(47)40-59/h1-45H. The number of para-hydroxylation sites is 3. The van der Waals surface area contributed by atoms with Gasteiger partial charge in [-0.15, -0.1) is 11.3 Å². The number of thiophene rings is 1. The van der Waals surface area contributed by atoms with Crippen LogP contribution in [0, 0.1) is 0 Å². The van der Waals surface area contributed by atoms with Crippen LogP contribution < -0.4 is 14.7 Å². The van der Waals surface area contributed by atoms with E-state index in [0.717, 1.165) is 62.3 Å². The Hall–Kier alpha value is -8.96. The molecule has 1 heterocycles. The molecule has 0 N–H and O–H groups in total. The van der Waals surface area contributed by atoms with Crippen molar-refractivity contribution in [3.63, 3.8) is 0 Å². The van der Waals surface area contributed by atoms with E-state index in [1.807, 2.05) is 11.3 Å². The van der Waals surface area contributed by atoms with E-state index in [1.54, 1.807) is 0 Å². The summed E-state index contributed by atoms with van der Waals surface area (Å²) < 4.78 is 2.60. The van der Waals surface area contributed by atoms with Crippen LogP contribution in [0.15, 0.2) is 273 Å². The van der Waals surface area contributed by atoms with Crippen LogP contribution in [0.25, 0.3) is 63.6 Å². The molecule has 0 amide bonds. The molecule has 0 atom stereocenters. The number of nitrogens with zero attached hydrogens (tertiary/aromatic N) is 3. The fourth-order valence-corrected chi connectivity index (χ4v) is 11.2. The molecular formula is C66H45N3S. The average Bonchev–Trinajstić information content (AvgIpc) is 3.80. The third-order valence-electron chi connectivity index (χ3n) is 13.5. The van der Waals surface area contributed by atoms with Crippen molar-refractivity contribution in [3.8, 4) is 11.1 Å². The maximum Gasteiger partial charge on any atom is 0.0488 e. The van der Waals surface area contributed by atoms with Crippen molar-refractivity contribution >= 4 is 115 Å². The summed E-state index contributed by atoms with van der Waals surface area (Å²) in [5.74, 6) is 0. The maximum absolute atomic E-state index is 2.39. The first-order chi connectivity index (χ1) is 34.7. The molecule has 70 heavy (non-hydrogen) atoms. The van der Waals surface area contributed by atoms with Crippen molar-refractivity contribution in [3.05, 3.63) is 273 Å². The second-order valence-corrected chi connectivity index (χ2v) is 18.9. The third kappa shape index (κ3) is 7.67. The molecule has 13 rings (SSSR count). The normalized spacial score (nSPS) is 11.4. The van der Waals surface area contributed by atoms with Gasteiger partial charge in [-0.3, -0.25) is 0 Å². The number of hydrogen-bond donors (Lipinski definition) is 0. The van der Waals surface area contributed by atoms with Crippen LogP contribution >= 0.6 is 11.3 Å². The number of fused-ring (bicyclic) bond motifs is 6. The Morgan fingerprint density at radius 2 is 0.586 bits per heavy atom. The van der Waals surface area contributed by atoms with E-state index in [9.17, 15) is 0 Å². The molecule has 0 aliphatic carbocycles. The van der Waals surface area contributed by atoms with Crippen LogP contribution in [0.5, 0.6) is 0 Å². The monoisotopic (exact) mass is 911 g/mol. The zero-order valence-electron chi connectivity index (χ0n) is 38.2. The number of anilines is 9. The van der Waals surface area contributed by atoms with Gasteiger partial charge in [0.25, 0.3) is 0 Å². The molecule has 330 valence electrons. The van der Waals surface area contributed by atoms with Gasteiger partial charge in [0.05, 0.1) is 0 Å². The fraction of sp³-hybridized carbons (Fsp3) is 0. The van der Waals surface area contributed by atoms with E-state index in [4.69, 9.17) is 0 Å². The Bertz CT molecular complexity index is 3890. The summed E-state index contributed by atoms with van der Waals surface area (Å²) in [5, 5.41) is 9.73. The van der Waals surface area contributed by atoms with Crippen molar-refractivity contribution in [2.45, 2.75) is 0 Å². The summed E-state index contributed by atoms with van der Waals surface area (Å²) in [7, 11) is 0. The topological polar surface area (TPSA) is 9.72 Å². The maximum atomic E-state index is 2.39. The second-order valence-electron chi connectivity index (χ2n) is 17.8. The molecule has 0 spiro atoms. The molecule has 0 unspecified atom stereocenters. The Morgan fingerprint density at radius 3 is 1.14 bits per heavy atom. The molecule has 0 radical (unpaired) electrons. The lowest BCUT2D eigenvalue weighted by atomic mass is 9.98. The van der Waals surface area contributed by atoms with Gasteiger partial charge in [0.2, 0.25) is 0 Å². The molecular weight excluding hydrogens is 867 g/mol. The van der Waals surface area contributed by atoms with Crippen molar-refractivity contribution in [1.82, 2.24) is 0 Å². The van der Waals surface area contributed by atoms with Gasteiger partial charge < -0.3 is 14.7 Å². The van der Waals surface area contributed by atoms with Crippen molar-refractivity contribution in [1.29, 1.82) is 0 Å². The molecule has 0 aliphatic rings. The van der Waals surface area contributed by atoms with Gasteiger partial charge in [0.15, 0.2) is 0 Å². The van der Waals surface area contributed by atoms with Gasteiger partial charge >= 0.3 is 0 Å². The van der Waals surface area contributed by atoms with E-state index in [-0.39, 0.29) is 0 Å². The number of benzene rings is 12. The van der Waals surface area contributed by atoms with Gasteiger partial charge in [-0.1, -0.05) is 152 Å². The van der Waals surface area contributed by atoms with Crippen LogP contribution in [-0.2, 0) is 0 Å². The zero-order valence-corrected chi connectivity index (χ0v) is 39.0. The quantitative estimate of drug-likeness (QED) is 0.135. The highest BCUT2D eigenvalue weighted by atomic mass is 32.1. The summed E-state index contributed by atoms with van der Waals surface area (Å²) in [4.78, 5) is 7.17.